The first kappa shape index (κ1) is 16.9. The molecule has 1 unspecified atom stereocenters. The van der Waals surface area contributed by atoms with Crippen molar-refractivity contribution in [2.45, 2.75) is 31.8 Å². The molecular weight excluding hydrogens is 389 g/mol. The highest BCUT2D eigenvalue weighted by Crippen LogP contribution is 2.20. The fourth-order valence-corrected chi connectivity index (χ4v) is 2.79. The van der Waals surface area contributed by atoms with Crippen molar-refractivity contribution in [2.75, 3.05) is 7.05 Å². The fraction of sp³-hybridized carbons (Fsp3) is 0.353. The molecule has 0 saturated heterocycles. The summed E-state index contributed by atoms with van der Waals surface area (Å²) in [5.41, 5.74) is 2.93. The molecule has 0 radical (unpaired) electrons. The number of nitrogens with one attached hydrogen (secondary N) is 2. The van der Waals surface area contributed by atoms with Gasteiger partial charge in [-0.05, 0) is 42.5 Å². The van der Waals surface area contributed by atoms with Gasteiger partial charge in [-0.1, -0.05) is 24.3 Å². The van der Waals surface area contributed by atoms with Gasteiger partial charge in [-0.15, -0.1) is 24.0 Å². The Morgan fingerprint density at radius 2 is 2.05 bits per heavy atom. The van der Waals surface area contributed by atoms with E-state index in [0.717, 1.165) is 31.0 Å². The van der Waals surface area contributed by atoms with Crippen LogP contribution in [0.5, 0.6) is 0 Å². The predicted octanol–water partition coefficient (Wildman–Crippen LogP) is 3.12. The van der Waals surface area contributed by atoms with Crippen LogP contribution in [0.25, 0.3) is 0 Å². The lowest BCUT2D eigenvalue weighted by Crippen LogP contribution is -2.45. The Balaban J connectivity index is 0.00000176. The number of hydrogen-bond donors (Lipinski definition) is 2. The van der Waals surface area contributed by atoms with Gasteiger partial charge in [-0.25, -0.2) is 0 Å². The summed E-state index contributed by atoms with van der Waals surface area (Å²) in [7, 11) is 1.80. The van der Waals surface area contributed by atoms with Gasteiger partial charge in [0.2, 0.25) is 0 Å². The van der Waals surface area contributed by atoms with Crippen molar-refractivity contribution < 1.29 is 4.42 Å². The molecule has 1 heterocycles. The molecule has 0 bridgehead atoms. The molecule has 2 N–H and O–H groups in total. The number of furan rings is 1. The van der Waals surface area contributed by atoms with Crippen LogP contribution in [-0.2, 0) is 19.4 Å². The number of guanidine groups is 1. The van der Waals surface area contributed by atoms with E-state index >= 15 is 0 Å². The first-order valence-corrected chi connectivity index (χ1v) is 7.41. The third-order valence-electron chi connectivity index (χ3n) is 3.92. The predicted molar refractivity (Wildman–Crippen MR) is 99.7 cm³/mol. The SMILES string of the molecule is CN=C(NCc1ccco1)NC1CCc2ccccc2C1.I. The summed E-state index contributed by atoms with van der Waals surface area (Å²) in [6.07, 6.45) is 5.00. The van der Waals surface area contributed by atoms with Crippen molar-refractivity contribution in [3.05, 3.63) is 59.5 Å². The van der Waals surface area contributed by atoms with Crippen LogP contribution in [0.15, 0.2) is 52.1 Å². The number of aryl methyl sites for hydroxylation is 1. The molecular formula is C17H22IN3O. The minimum atomic E-state index is 0. The quantitative estimate of drug-likeness (QED) is 0.464. The van der Waals surface area contributed by atoms with Gasteiger partial charge >= 0.3 is 0 Å². The first-order valence-electron chi connectivity index (χ1n) is 7.41. The van der Waals surface area contributed by atoms with Crippen LogP contribution in [0.2, 0.25) is 0 Å². The summed E-state index contributed by atoms with van der Waals surface area (Å²) in [5.74, 6) is 1.74. The van der Waals surface area contributed by atoms with E-state index in [4.69, 9.17) is 4.42 Å². The van der Waals surface area contributed by atoms with Crippen molar-refractivity contribution in [2.24, 2.45) is 4.99 Å². The van der Waals surface area contributed by atoms with E-state index in [-0.39, 0.29) is 24.0 Å². The van der Waals surface area contributed by atoms with E-state index in [0.29, 0.717) is 12.6 Å². The zero-order chi connectivity index (χ0) is 14.5. The maximum Gasteiger partial charge on any atom is 0.191 e. The molecule has 4 nitrogen and oxygen atoms in total. The molecule has 0 amide bonds. The van der Waals surface area contributed by atoms with Gasteiger partial charge in [-0.2, -0.15) is 0 Å². The summed E-state index contributed by atoms with van der Waals surface area (Å²) in [6.45, 7) is 0.649. The Bertz CT molecular complexity index is 610. The monoisotopic (exact) mass is 411 g/mol. The molecule has 5 heteroatoms. The van der Waals surface area contributed by atoms with E-state index in [9.17, 15) is 0 Å². The smallest absolute Gasteiger partial charge is 0.191 e. The Kier molecular flexibility index (Phi) is 6.30. The topological polar surface area (TPSA) is 49.6 Å². The highest BCUT2D eigenvalue weighted by molar-refractivity contribution is 14.0. The summed E-state index contributed by atoms with van der Waals surface area (Å²) in [4.78, 5) is 4.29. The average Bonchev–Trinajstić information content (AvgIpc) is 3.04. The molecule has 2 aromatic rings. The lowest BCUT2D eigenvalue weighted by molar-refractivity contribution is 0.492. The highest BCUT2D eigenvalue weighted by Gasteiger charge is 2.18. The van der Waals surface area contributed by atoms with E-state index in [1.165, 1.54) is 11.1 Å². The molecule has 1 aliphatic carbocycles. The van der Waals surface area contributed by atoms with Crippen LogP contribution >= 0.6 is 24.0 Å². The van der Waals surface area contributed by atoms with Crippen LogP contribution in [0, 0.1) is 0 Å². The Morgan fingerprint density at radius 1 is 1.23 bits per heavy atom. The van der Waals surface area contributed by atoms with Gasteiger partial charge in [0.15, 0.2) is 5.96 Å². The number of rotatable bonds is 3. The minimum Gasteiger partial charge on any atom is -0.467 e. The average molecular weight is 411 g/mol. The third kappa shape index (κ3) is 4.25. The third-order valence-corrected chi connectivity index (χ3v) is 3.92. The first-order chi connectivity index (χ1) is 10.3. The van der Waals surface area contributed by atoms with E-state index < -0.39 is 0 Å². The van der Waals surface area contributed by atoms with E-state index in [1.807, 2.05) is 12.1 Å². The normalized spacial score (nSPS) is 17.3. The summed E-state index contributed by atoms with van der Waals surface area (Å²) >= 11 is 0. The second-order valence-electron chi connectivity index (χ2n) is 5.36. The van der Waals surface area contributed by atoms with Gasteiger partial charge in [0.1, 0.15) is 5.76 Å². The van der Waals surface area contributed by atoms with Crippen LogP contribution in [0.1, 0.15) is 23.3 Å². The maximum absolute atomic E-state index is 5.32. The molecule has 0 spiro atoms. The minimum absolute atomic E-state index is 0. The van der Waals surface area contributed by atoms with Crippen molar-refractivity contribution in [3.8, 4) is 0 Å². The van der Waals surface area contributed by atoms with Gasteiger partial charge < -0.3 is 15.1 Å². The van der Waals surface area contributed by atoms with Crippen molar-refractivity contribution in [1.82, 2.24) is 10.6 Å². The maximum atomic E-state index is 5.32. The van der Waals surface area contributed by atoms with Gasteiger partial charge in [0, 0.05) is 13.1 Å². The molecule has 3 rings (SSSR count). The number of fused-ring (bicyclic) bond motifs is 1. The highest BCUT2D eigenvalue weighted by atomic mass is 127. The molecule has 22 heavy (non-hydrogen) atoms. The molecule has 0 saturated carbocycles. The van der Waals surface area contributed by atoms with Crippen LogP contribution < -0.4 is 10.6 Å². The number of nitrogens with zero attached hydrogens (tertiary/aromatic N) is 1. The van der Waals surface area contributed by atoms with Crippen molar-refractivity contribution in [1.29, 1.82) is 0 Å². The van der Waals surface area contributed by atoms with Crippen LogP contribution in [0.3, 0.4) is 0 Å². The van der Waals surface area contributed by atoms with Gasteiger partial charge in [0.25, 0.3) is 0 Å². The van der Waals surface area contributed by atoms with E-state index in [2.05, 4.69) is 39.9 Å². The Morgan fingerprint density at radius 3 is 2.77 bits per heavy atom. The standard InChI is InChI=1S/C17H21N3O.HI/c1-18-17(19-12-16-7-4-10-21-16)20-15-9-8-13-5-2-3-6-14(13)11-15;/h2-7,10,15H,8-9,11-12H2,1H3,(H2,18,19,20);1H. The molecule has 0 aliphatic heterocycles. The van der Waals surface area contributed by atoms with Crippen LogP contribution in [-0.4, -0.2) is 19.0 Å². The van der Waals surface area contributed by atoms with Gasteiger partial charge in [-0.3, -0.25) is 4.99 Å². The molecule has 0 fully saturated rings. The molecule has 1 aliphatic rings. The molecule has 1 aromatic heterocycles. The lowest BCUT2D eigenvalue weighted by atomic mass is 9.88. The zero-order valence-corrected chi connectivity index (χ0v) is 15.0. The second kappa shape index (κ2) is 8.22. The molecule has 118 valence electrons. The number of hydrogen-bond acceptors (Lipinski definition) is 2. The molecule has 1 atom stereocenters. The number of halogens is 1. The van der Waals surface area contributed by atoms with Gasteiger partial charge in [0.05, 0.1) is 12.8 Å². The molecule has 1 aromatic carbocycles. The summed E-state index contributed by atoms with van der Waals surface area (Å²) in [5, 5.41) is 6.79. The number of aliphatic imine (C=N–C) groups is 1. The largest absolute Gasteiger partial charge is 0.467 e. The lowest BCUT2D eigenvalue weighted by Gasteiger charge is -2.27. The summed E-state index contributed by atoms with van der Waals surface area (Å²) in [6, 6.07) is 13.0. The Labute approximate surface area is 148 Å². The van der Waals surface area contributed by atoms with Crippen molar-refractivity contribution >= 4 is 29.9 Å². The number of benzene rings is 1. The second-order valence-corrected chi connectivity index (χ2v) is 5.36. The van der Waals surface area contributed by atoms with Crippen molar-refractivity contribution in [3.63, 3.8) is 0 Å². The Hall–Kier alpha value is -1.50. The van der Waals surface area contributed by atoms with E-state index in [1.54, 1.807) is 13.3 Å². The van der Waals surface area contributed by atoms with Crippen LogP contribution in [0.4, 0.5) is 0 Å². The summed E-state index contributed by atoms with van der Waals surface area (Å²) < 4.78 is 5.32. The zero-order valence-electron chi connectivity index (χ0n) is 12.7. The fourth-order valence-electron chi connectivity index (χ4n) is 2.79.